The fourth-order valence-corrected chi connectivity index (χ4v) is 4.57. The molecule has 0 aromatic heterocycles. The first-order chi connectivity index (χ1) is 13.3. The standard InChI is InChI=1S/C27H56/c1-5-8-11-14-17-20-23-26(4)27(24-21-18-15-12-9-6-2)25-22-19-16-13-10-7-3/h26-27H,5-25H2,1-4H3. The van der Waals surface area contributed by atoms with E-state index in [1.807, 2.05) is 0 Å². The Hall–Kier alpha value is 0. The van der Waals surface area contributed by atoms with Gasteiger partial charge in [0.05, 0.1) is 0 Å². The molecule has 164 valence electrons. The first-order valence-corrected chi connectivity index (χ1v) is 13.3. The van der Waals surface area contributed by atoms with E-state index in [1.54, 1.807) is 0 Å². The maximum atomic E-state index is 2.57. The Kier molecular flexibility index (Phi) is 22.3. The van der Waals surface area contributed by atoms with Gasteiger partial charge in [-0.25, -0.2) is 0 Å². The molecule has 1 unspecified atom stereocenters. The topological polar surface area (TPSA) is 0 Å². The summed E-state index contributed by atoms with van der Waals surface area (Å²) in [5.74, 6) is 1.97. The Morgan fingerprint density at radius 1 is 0.370 bits per heavy atom. The summed E-state index contributed by atoms with van der Waals surface area (Å²) in [4.78, 5) is 0. The number of hydrogen-bond acceptors (Lipinski definition) is 0. The molecular weight excluding hydrogens is 324 g/mol. The van der Waals surface area contributed by atoms with Gasteiger partial charge in [-0.2, -0.15) is 0 Å². The zero-order valence-electron chi connectivity index (χ0n) is 20.0. The van der Waals surface area contributed by atoms with Crippen LogP contribution in [0.3, 0.4) is 0 Å². The van der Waals surface area contributed by atoms with Gasteiger partial charge in [-0.3, -0.25) is 0 Å². The number of hydrogen-bond donors (Lipinski definition) is 0. The number of unbranched alkanes of at least 4 members (excludes halogenated alkanes) is 15. The minimum Gasteiger partial charge on any atom is -0.0654 e. The van der Waals surface area contributed by atoms with Gasteiger partial charge < -0.3 is 0 Å². The molecular formula is C27H56. The molecule has 0 aromatic rings. The van der Waals surface area contributed by atoms with Crippen LogP contribution in [0.25, 0.3) is 0 Å². The highest BCUT2D eigenvalue weighted by molar-refractivity contribution is 4.68. The fourth-order valence-electron chi connectivity index (χ4n) is 4.57. The van der Waals surface area contributed by atoms with E-state index in [-0.39, 0.29) is 0 Å². The van der Waals surface area contributed by atoms with Crippen molar-refractivity contribution >= 4 is 0 Å². The fraction of sp³-hybridized carbons (Fsp3) is 1.00. The molecule has 0 saturated heterocycles. The Bertz CT molecular complexity index is 241. The molecule has 27 heavy (non-hydrogen) atoms. The van der Waals surface area contributed by atoms with Gasteiger partial charge in [0.1, 0.15) is 0 Å². The van der Waals surface area contributed by atoms with Crippen LogP contribution >= 0.6 is 0 Å². The van der Waals surface area contributed by atoms with Crippen LogP contribution in [0.2, 0.25) is 0 Å². The van der Waals surface area contributed by atoms with E-state index in [0.29, 0.717) is 0 Å². The average Bonchev–Trinajstić information content (AvgIpc) is 2.68. The minimum atomic E-state index is 0.961. The molecule has 0 bridgehead atoms. The molecule has 0 aliphatic rings. The molecule has 0 spiro atoms. The summed E-state index contributed by atoms with van der Waals surface area (Å²) in [6.45, 7) is 9.53. The van der Waals surface area contributed by atoms with Crippen LogP contribution in [0.5, 0.6) is 0 Å². The summed E-state index contributed by atoms with van der Waals surface area (Å²) in [5.41, 5.74) is 0. The van der Waals surface area contributed by atoms with Crippen molar-refractivity contribution in [1.82, 2.24) is 0 Å². The van der Waals surface area contributed by atoms with Crippen LogP contribution in [0, 0.1) is 11.8 Å². The van der Waals surface area contributed by atoms with Crippen LogP contribution in [0.15, 0.2) is 0 Å². The highest BCUT2D eigenvalue weighted by Crippen LogP contribution is 2.29. The summed E-state index contributed by atoms with van der Waals surface area (Å²) >= 11 is 0. The van der Waals surface area contributed by atoms with Crippen molar-refractivity contribution in [2.75, 3.05) is 0 Å². The molecule has 0 heteroatoms. The Morgan fingerprint density at radius 3 is 1.04 bits per heavy atom. The first kappa shape index (κ1) is 27.0. The van der Waals surface area contributed by atoms with E-state index < -0.39 is 0 Å². The second-order valence-corrected chi connectivity index (χ2v) is 9.41. The van der Waals surface area contributed by atoms with E-state index in [9.17, 15) is 0 Å². The van der Waals surface area contributed by atoms with Crippen molar-refractivity contribution in [1.29, 1.82) is 0 Å². The maximum absolute atomic E-state index is 2.57. The van der Waals surface area contributed by atoms with Gasteiger partial charge in [0.25, 0.3) is 0 Å². The van der Waals surface area contributed by atoms with Crippen molar-refractivity contribution in [2.45, 2.75) is 163 Å². The van der Waals surface area contributed by atoms with E-state index in [2.05, 4.69) is 27.7 Å². The number of rotatable bonds is 22. The van der Waals surface area contributed by atoms with Gasteiger partial charge in [-0.1, -0.05) is 163 Å². The largest absolute Gasteiger partial charge is 0.0654 e. The van der Waals surface area contributed by atoms with E-state index in [4.69, 9.17) is 0 Å². The molecule has 0 saturated carbocycles. The third-order valence-corrected chi connectivity index (χ3v) is 6.67. The normalized spacial score (nSPS) is 12.8. The van der Waals surface area contributed by atoms with Crippen molar-refractivity contribution < 1.29 is 0 Å². The zero-order chi connectivity index (χ0) is 20.0. The smallest absolute Gasteiger partial charge is 0.0388 e. The predicted octanol–water partition coefficient (Wildman–Crippen LogP) is 10.5. The van der Waals surface area contributed by atoms with Gasteiger partial charge >= 0.3 is 0 Å². The van der Waals surface area contributed by atoms with Gasteiger partial charge in [-0.05, 0) is 11.8 Å². The van der Waals surface area contributed by atoms with Crippen molar-refractivity contribution in [3.8, 4) is 0 Å². The summed E-state index contributed by atoms with van der Waals surface area (Å²) in [7, 11) is 0. The van der Waals surface area contributed by atoms with Crippen LogP contribution in [-0.2, 0) is 0 Å². The van der Waals surface area contributed by atoms with E-state index >= 15 is 0 Å². The Labute approximate surface area is 174 Å². The first-order valence-electron chi connectivity index (χ1n) is 13.3. The lowest BCUT2D eigenvalue weighted by atomic mass is 9.82. The SMILES string of the molecule is CCCCCCCCC(C)C(CCCCCCCC)CCCCCCCC. The monoisotopic (exact) mass is 380 g/mol. The summed E-state index contributed by atoms with van der Waals surface area (Å²) in [6, 6.07) is 0. The molecule has 0 nitrogen and oxygen atoms in total. The van der Waals surface area contributed by atoms with Crippen LogP contribution < -0.4 is 0 Å². The Balaban J connectivity index is 4.00. The molecule has 0 amide bonds. The van der Waals surface area contributed by atoms with Gasteiger partial charge in [-0.15, -0.1) is 0 Å². The summed E-state index contributed by atoms with van der Waals surface area (Å²) in [5, 5.41) is 0. The van der Waals surface area contributed by atoms with Crippen molar-refractivity contribution in [3.05, 3.63) is 0 Å². The molecule has 0 aliphatic heterocycles. The lowest BCUT2D eigenvalue weighted by Crippen LogP contribution is -2.12. The quantitative estimate of drug-likeness (QED) is 0.164. The minimum absolute atomic E-state index is 0.961. The Morgan fingerprint density at radius 2 is 0.667 bits per heavy atom. The van der Waals surface area contributed by atoms with Gasteiger partial charge in [0.2, 0.25) is 0 Å². The molecule has 0 radical (unpaired) electrons. The third kappa shape index (κ3) is 19.1. The molecule has 1 atom stereocenters. The molecule has 0 aliphatic carbocycles. The molecule has 0 fully saturated rings. The van der Waals surface area contributed by atoms with Crippen LogP contribution in [-0.4, -0.2) is 0 Å². The molecule has 0 rings (SSSR count). The predicted molar refractivity (Wildman–Crippen MR) is 127 cm³/mol. The third-order valence-electron chi connectivity index (χ3n) is 6.67. The molecule has 0 aromatic carbocycles. The zero-order valence-corrected chi connectivity index (χ0v) is 20.0. The second-order valence-electron chi connectivity index (χ2n) is 9.41. The highest BCUT2D eigenvalue weighted by atomic mass is 14.2. The molecule has 0 N–H and O–H groups in total. The van der Waals surface area contributed by atoms with Gasteiger partial charge in [0.15, 0.2) is 0 Å². The van der Waals surface area contributed by atoms with Crippen molar-refractivity contribution in [2.24, 2.45) is 11.8 Å². The van der Waals surface area contributed by atoms with E-state index in [1.165, 1.54) is 135 Å². The molecule has 0 heterocycles. The van der Waals surface area contributed by atoms with Crippen molar-refractivity contribution in [3.63, 3.8) is 0 Å². The lowest BCUT2D eigenvalue weighted by Gasteiger charge is -2.24. The van der Waals surface area contributed by atoms with E-state index in [0.717, 1.165) is 11.8 Å². The maximum Gasteiger partial charge on any atom is -0.0388 e. The highest BCUT2D eigenvalue weighted by Gasteiger charge is 2.16. The summed E-state index contributed by atoms with van der Waals surface area (Å²) in [6.07, 6.45) is 30.7. The second kappa shape index (κ2) is 22.3. The van der Waals surface area contributed by atoms with Crippen LogP contribution in [0.1, 0.15) is 163 Å². The summed E-state index contributed by atoms with van der Waals surface area (Å²) < 4.78 is 0. The lowest BCUT2D eigenvalue weighted by molar-refractivity contribution is 0.274. The van der Waals surface area contributed by atoms with Crippen LogP contribution in [0.4, 0.5) is 0 Å². The average molecular weight is 381 g/mol. The van der Waals surface area contributed by atoms with Gasteiger partial charge in [0, 0.05) is 0 Å².